The third-order valence-corrected chi connectivity index (χ3v) is 11.5. The fourth-order valence-electron chi connectivity index (χ4n) is 8.31. The van der Waals surface area contributed by atoms with Crippen molar-refractivity contribution < 1.29 is 0 Å². The van der Waals surface area contributed by atoms with Crippen molar-refractivity contribution >= 4 is 78.5 Å². The Bertz CT molecular complexity index is 2720. The number of fused-ring (bicyclic) bond motifs is 9. The van der Waals surface area contributed by atoms with Gasteiger partial charge < -0.3 is 9.13 Å². The maximum Gasteiger partial charge on any atom is 0.244 e. The fraction of sp³-hybridized carbons (Fsp3) is 0.0455. The van der Waals surface area contributed by atoms with Gasteiger partial charge >= 0.3 is 0 Å². The van der Waals surface area contributed by atoms with Crippen LogP contribution in [0.15, 0.2) is 161 Å². The van der Waals surface area contributed by atoms with Crippen molar-refractivity contribution in [1.82, 2.24) is 9.13 Å². The van der Waals surface area contributed by atoms with Gasteiger partial charge in [-0.25, -0.2) is 0 Å². The lowest BCUT2D eigenvalue weighted by atomic mass is 9.35. The van der Waals surface area contributed by atoms with Crippen molar-refractivity contribution in [1.29, 1.82) is 0 Å². The molecule has 2 aromatic heterocycles. The van der Waals surface area contributed by atoms with Gasteiger partial charge in [0, 0.05) is 42.7 Å². The number of hydrogen-bond acceptors (Lipinski definition) is 1. The molecule has 0 fully saturated rings. The lowest BCUT2D eigenvalue weighted by molar-refractivity contribution is 1.17. The zero-order valence-electron chi connectivity index (χ0n) is 26.8. The standard InChI is InChI=1S/C44H31BN2S/c1-28-13-12-14-29(2)43(28)45-35-19-8-11-22-40(35)48-41-27-31(23-25-36(41)45)47-37-20-9-6-17-32(37)33-24-26-39-42(44(33)47)34-18-7-10-21-38(34)46(39)30-15-4-3-5-16-30/h3-27H,1-2H3. The first-order valence-corrected chi connectivity index (χ1v) is 17.5. The summed E-state index contributed by atoms with van der Waals surface area (Å²) in [7, 11) is 0. The summed E-state index contributed by atoms with van der Waals surface area (Å²) < 4.78 is 4.94. The number of aromatic nitrogens is 2. The van der Waals surface area contributed by atoms with Crippen LogP contribution in [0.25, 0.3) is 55.0 Å². The molecule has 0 spiro atoms. The molecule has 0 radical (unpaired) electrons. The Morgan fingerprint density at radius 3 is 1.94 bits per heavy atom. The van der Waals surface area contributed by atoms with E-state index in [1.165, 1.54) is 92.3 Å². The van der Waals surface area contributed by atoms with Crippen LogP contribution in [0.3, 0.4) is 0 Å². The van der Waals surface area contributed by atoms with Gasteiger partial charge in [-0.05, 0) is 62.4 Å². The largest absolute Gasteiger partial charge is 0.309 e. The van der Waals surface area contributed by atoms with Crippen LogP contribution in [0.2, 0.25) is 0 Å². The van der Waals surface area contributed by atoms with E-state index in [2.05, 4.69) is 175 Å². The summed E-state index contributed by atoms with van der Waals surface area (Å²) in [6.45, 7) is 4.72. The molecule has 4 heteroatoms. The Balaban J connectivity index is 1.29. The summed E-state index contributed by atoms with van der Waals surface area (Å²) in [5.74, 6) is 0. The zero-order valence-corrected chi connectivity index (χ0v) is 27.6. The molecular formula is C44H31BN2S. The van der Waals surface area contributed by atoms with Crippen molar-refractivity contribution in [2.75, 3.05) is 0 Å². The number of benzene rings is 7. The van der Waals surface area contributed by atoms with E-state index in [0.717, 1.165) is 0 Å². The molecule has 1 aliphatic heterocycles. The maximum absolute atomic E-state index is 2.52. The van der Waals surface area contributed by atoms with Crippen molar-refractivity contribution in [3.8, 4) is 11.4 Å². The van der Waals surface area contributed by atoms with Gasteiger partial charge in [-0.2, -0.15) is 0 Å². The van der Waals surface area contributed by atoms with E-state index in [-0.39, 0.29) is 6.71 Å². The van der Waals surface area contributed by atoms with Crippen molar-refractivity contribution in [2.45, 2.75) is 23.6 Å². The fourth-order valence-corrected chi connectivity index (χ4v) is 9.48. The maximum atomic E-state index is 2.52. The molecule has 0 unspecified atom stereocenters. The van der Waals surface area contributed by atoms with Gasteiger partial charge in [0.15, 0.2) is 0 Å². The molecule has 0 saturated heterocycles. The van der Waals surface area contributed by atoms with Crippen molar-refractivity contribution in [3.63, 3.8) is 0 Å². The Labute approximate surface area is 284 Å². The molecule has 0 aliphatic carbocycles. The highest BCUT2D eigenvalue weighted by Crippen LogP contribution is 2.42. The van der Waals surface area contributed by atoms with Gasteiger partial charge in [-0.15, -0.1) is 0 Å². The molecule has 1 aliphatic rings. The van der Waals surface area contributed by atoms with Gasteiger partial charge in [-0.3, -0.25) is 0 Å². The summed E-state index contributed by atoms with van der Waals surface area (Å²) in [6, 6.07) is 56.0. The molecule has 7 aromatic carbocycles. The Morgan fingerprint density at radius 2 is 1.12 bits per heavy atom. The number of aryl methyl sites for hydroxylation is 2. The Morgan fingerprint density at radius 1 is 0.458 bits per heavy atom. The molecule has 226 valence electrons. The smallest absolute Gasteiger partial charge is 0.244 e. The zero-order chi connectivity index (χ0) is 31.9. The number of para-hydroxylation sites is 3. The molecule has 9 aromatic rings. The van der Waals surface area contributed by atoms with Crippen molar-refractivity contribution in [3.05, 3.63) is 163 Å². The Hall–Kier alpha value is -5.45. The first-order chi connectivity index (χ1) is 23.7. The van der Waals surface area contributed by atoms with E-state index in [1.807, 2.05) is 11.8 Å². The summed E-state index contributed by atoms with van der Waals surface area (Å²) in [5, 5.41) is 5.10. The third-order valence-electron chi connectivity index (χ3n) is 10.3. The first-order valence-electron chi connectivity index (χ1n) is 16.7. The van der Waals surface area contributed by atoms with E-state index in [0.29, 0.717) is 0 Å². The van der Waals surface area contributed by atoms with Crippen LogP contribution < -0.4 is 16.4 Å². The number of rotatable bonds is 3. The van der Waals surface area contributed by atoms with E-state index < -0.39 is 0 Å². The van der Waals surface area contributed by atoms with E-state index in [9.17, 15) is 0 Å². The molecule has 2 nitrogen and oxygen atoms in total. The molecule has 0 N–H and O–H groups in total. The van der Waals surface area contributed by atoms with E-state index >= 15 is 0 Å². The second-order valence-electron chi connectivity index (χ2n) is 13.0. The number of hydrogen-bond donors (Lipinski definition) is 0. The molecule has 48 heavy (non-hydrogen) atoms. The van der Waals surface area contributed by atoms with E-state index in [1.54, 1.807) is 0 Å². The predicted molar refractivity (Wildman–Crippen MR) is 206 cm³/mol. The summed E-state index contributed by atoms with van der Waals surface area (Å²) in [6.07, 6.45) is 0. The molecule has 0 saturated carbocycles. The lowest BCUT2D eigenvalue weighted by Gasteiger charge is -2.28. The lowest BCUT2D eigenvalue weighted by Crippen LogP contribution is -2.56. The Kier molecular flexibility index (Phi) is 6.07. The van der Waals surface area contributed by atoms with Gasteiger partial charge in [0.25, 0.3) is 0 Å². The SMILES string of the molecule is Cc1cccc(C)c1B1c2ccccc2Sc2cc(-n3c4ccccc4c4ccc5c(c6ccccc6n5-c5ccccc5)c43)ccc21. The summed E-state index contributed by atoms with van der Waals surface area (Å²) in [4.78, 5) is 2.66. The minimum absolute atomic E-state index is 0.196. The van der Waals surface area contributed by atoms with Crippen LogP contribution in [-0.4, -0.2) is 15.8 Å². The van der Waals surface area contributed by atoms with Crippen LogP contribution in [0.1, 0.15) is 11.1 Å². The molecule has 3 heterocycles. The molecular weight excluding hydrogens is 599 g/mol. The van der Waals surface area contributed by atoms with Crippen LogP contribution >= 0.6 is 11.8 Å². The minimum Gasteiger partial charge on any atom is -0.309 e. The van der Waals surface area contributed by atoms with Crippen LogP contribution in [0.5, 0.6) is 0 Å². The summed E-state index contributed by atoms with van der Waals surface area (Å²) >= 11 is 1.90. The molecule has 10 rings (SSSR count). The third kappa shape index (κ3) is 3.90. The molecule has 0 bridgehead atoms. The van der Waals surface area contributed by atoms with Gasteiger partial charge in [-0.1, -0.05) is 142 Å². The minimum atomic E-state index is 0.196. The highest BCUT2D eigenvalue weighted by atomic mass is 32.2. The highest BCUT2D eigenvalue weighted by molar-refractivity contribution is 8.00. The second kappa shape index (κ2) is 10.5. The normalized spacial score (nSPS) is 12.7. The monoisotopic (exact) mass is 630 g/mol. The second-order valence-corrected chi connectivity index (χ2v) is 14.1. The topological polar surface area (TPSA) is 9.86 Å². The molecule has 0 atom stereocenters. The first kappa shape index (κ1) is 27.6. The van der Waals surface area contributed by atoms with Crippen LogP contribution in [-0.2, 0) is 0 Å². The van der Waals surface area contributed by atoms with Crippen molar-refractivity contribution in [2.24, 2.45) is 0 Å². The van der Waals surface area contributed by atoms with Crippen LogP contribution in [0.4, 0.5) is 0 Å². The van der Waals surface area contributed by atoms with Gasteiger partial charge in [0.2, 0.25) is 6.71 Å². The van der Waals surface area contributed by atoms with Gasteiger partial charge in [0.1, 0.15) is 0 Å². The van der Waals surface area contributed by atoms with Gasteiger partial charge in [0.05, 0.1) is 22.1 Å². The number of nitrogens with zero attached hydrogens (tertiary/aromatic N) is 2. The van der Waals surface area contributed by atoms with E-state index in [4.69, 9.17) is 0 Å². The van der Waals surface area contributed by atoms with Crippen LogP contribution in [0, 0.1) is 13.8 Å². The molecule has 0 amide bonds. The average molecular weight is 631 g/mol. The highest BCUT2D eigenvalue weighted by Gasteiger charge is 2.33. The quantitative estimate of drug-likeness (QED) is 0.177. The average Bonchev–Trinajstić information content (AvgIpc) is 3.64. The predicted octanol–water partition coefficient (Wildman–Crippen LogP) is 9.48. The summed E-state index contributed by atoms with van der Waals surface area (Å²) in [5.41, 5.74) is 14.2.